The van der Waals surface area contributed by atoms with Crippen molar-refractivity contribution in [3.05, 3.63) is 6.33 Å². The molecule has 5 nitrogen and oxygen atoms in total. The number of nitrogens with zero attached hydrogens (tertiary/aromatic N) is 2. The van der Waals surface area contributed by atoms with Crippen LogP contribution in [0.2, 0.25) is 0 Å². The van der Waals surface area contributed by atoms with E-state index in [0.29, 0.717) is 22.1 Å². The number of hydrogen-bond donors (Lipinski definition) is 2. The van der Waals surface area contributed by atoms with Crippen LogP contribution in [0.5, 0.6) is 5.88 Å². The van der Waals surface area contributed by atoms with Crippen LogP contribution in [0.3, 0.4) is 0 Å². The SMILES string of the molecule is COc1ncnc(NCC2(SC)CC2)c1N. The first kappa shape index (κ1) is 11.3. The summed E-state index contributed by atoms with van der Waals surface area (Å²) < 4.78 is 5.42. The van der Waals surface area contributed by atoms with E-state index in [-0.39, 0.29) is 0 Å². The van der Waals surface area contributed by atoms with Crippen molar-refractivity contribution in [2.24, 2.45) is 0 Å². The molecular weight excluding hydrogens is 224 g/mol. The van der Waals surface area contributed by atoms with Crippen LogP contribution < -0.4 is 15.8 Å². The van der Waals surface area contributed by atoms with Crippen LogP contribution in [0.15, 0.2) is 6.33 Å². The number of hydrogen-bond acceptors (Lipinski definition) is 6. The maximum atomic E-state index is 5.87. The third-order valence-corrected chi connectivity index (χ3v) is 4.28. The Labute approximate surface area is 99.2 Å². The first-order valence-corrected chi connectivity index (χ1v) is 6.37. The van der Waals surface area contributed by atoms with E-state index >= 15 is 0 Å². The number of anilines is 2. The van der Waals surface area contributed by atoms with Gasteiger partial charge in [0.2, 0.25) is 5.88 Å². The highest BCUT2D eigenvalue weighted by molar-refractivity contribution is 8.00. The second-order valence-corrected chi connectivity index (χ2v) is 5.16. The van der Waals surface area contributed by atoms with Crippen LogP contribution in [0.4, 0.5) is 11.5 Å². The predicted molar refractivity (Wildman–Crippen MR) is 67.0 cm³/mol. The molecule has 6 heteroatoms. The Balaban J connectivity index is 2.04. The minimum atomic E-state index is 0.380. The van der Waals surface area contributed by atoms with Gasteiger partial charge in [-0.05, 0) is 19.1 Å². The maximum Gasteiger partial charge on any atom is 0.242 e. The van der Waals surface area contributed by atoms with Gasteiger partial charge in [-0.25, -0.2) is 4.98 Å². The molecule has 0 atom stereocenters. The molecule has 1 saturated carbocycles. The highest BCUT2D eigenvalue weighted by atomic mass is 32.2. The molecule has 88 valence electrons. The van der Waals surface area contributed by atoms with Gasteiger partial charge in [0.05, 0.1) is 7.11 Å². The third kappa shape index (κ3) is 2.16. The molecule has 1 aliphatic carbocycles. The third-order valence-electron chi connectivity index (χ3n) is 2.86. The molecular formula is C10H16N4OS. The molecule has 1 aromatic rings. The van der Waals surface area contributed by atoms with Crippen LogP contribution >= 0.6 is 11.8 Å². The summed E-state index contributed by atoms with van der Waals surface area (Å²) in [4.78, 5) is 8.05. The lowest BCUT2D eigenvalue weighted by molar-refractivity contribution is 0.399. The van der Waals surface area contributed by atoms with Crippen molar-refractivity contribution in [2.75, 3.05) is 31.0 Å². The lowest BCUT2D eigenvalue weighted by Gasteiger charge is -2.15. The Morgan fingerprint density at radius 2 is 2.31 bits per heavy atom. The zero-order valence-corrected chi connectivity index (χ0v) is 10.3. The van der Waals surface area contributed by atoms with Gasteiger partial charge in [0.25, 0.3) is 0 Å². The van der Waals surface area contributed by atoms with Crippen molar-refractivity contribution in [3.63, 3.8) is 0 Å². The Kier molecular flexibility index (Phi) is 3.09. The van der Waals surface area contributed by atoms with Crippen LogP contribution in [0.25, 0.3) is 0 Å². The van der Waals surface area contributed by atoms with Crippen molar-refractivity contribution in [1.29, 1.82) is 0 Å². The fraction of sp³-hybridized carbons (Fsp3) is 0.600. The summed E-state index contributed by atoms with van der Waals surface area (Å²) in [6, 6.07) is 0. The average molecular weight is 240 g/mol. The molecule has 0 unspecified atom stereocenters. The van der Waals surface area contributed by atoms with E-state index in [1.165, 1.54) is 19.2 Å². The fourth-order valence-corrected chi connectivity index (χ4v) is 2.25. The Morgan fingerprint density at radius 1 is 1.56 bits per heavy atom. The quantitative estimate of drug-likeness (QED) is 0.810. The first-order chi connectivity index (χ1) is 7.71. The van der Waals surface area contributed by atoms with Crippen molar-refractivity contribution in [2.45, 2.75) is 17.6 Å². The number of rotatable bonds is 5. The highest BCUT2D eigenvalue weighted by Gasteiger charge is 2.41. The van der Waals surface area contributed by atoms with Gasteiger partial charge in [-0.3, -0.25) is 0 Å². The van der Waals surface area contributed by atoms with Crippen LogP contribution in [-0.4, -0.2) is 34.6 Å². The second kappa shape index (κ2) is 4.37. The zero-order chi connectivity index (χ0) is 11.6. The van der Waals surface area contributed by atoms with Crippen molar-refractivity contribution < 1.29 is 4.74 Å². The van der Waals surface area contributed by atoms with Crippen LogP contribution in [0, 0.1) is 0 Å². The summed E-state index contributed by atoms with van der Waals surface area (Å²) >= 11 is 1.90. The molecule has 0 bridgehead atoms. The molecule has 1 heterocycles. The molecule has 2 rings (SSSR count). The largest absolute Gasteiger partial charge is 0.479 e. The van der Waals surface area contributed by atoms with Gasteiger partial charge < -0.3 is 15.8 Å². The molecule has 0 amide bonds. The number of aromatic nitrogens is 2. The normalized spacial score (nSPS) is 16.9. The van der Waals surface area contributed by atoms with Crippen molar-refractivity contribution in [3.8, 4) is 5.88 Å². The standard InChI is InChI=1S/C10H16N4OS/c1-15-9-7(11)8(13-6-14-9)12-5-10(16-2)3-4-10/h6H,3-5,11H2,1-2H3,(H,12,13,14). The van der Waals surface area contributed by atoms with E-state index in [2.05, 4.69) is 21.5 Å². The molecule has 0 aromatic carbocycles. The molecule has 1 aromatic heterocycles. The van der Waals surface area contributed by atoms with E-state index in [1.807, 2.05) is 11.8 Å². The summed E-state index contributed by atoms with van der Waals surface area (Å²) in [7, 11) is 1.55. The lowest BCUT2D eigenvalue weighted by atomic mass is 10.4. The number of nitrogens with one attached hydrogen (secondary N) is 1. The molecule has 16 heavy (non-hydrogen) atoms. The van der Waals surface area contributed by atoms with E-state index in [9.17, 15) is 0 Å². The number of nitrogen functional groups attached to an aromatic ring is 1. The maximum absolute atomic E-state index is 5.87. The van der Waals surface area contributed by atoms with E-state index in [4.69, 9.17) is 10.5 Å². The van der Waals surface area contributed by atoms with Gasteiger partial charge in [0, 0.05) is 11.3 Å². The van der Waals surface area contributed by atoms with Crippen LogP contribution in [-0.2, 0) is 0 Å². The van der Waals surface area contributed by atoms with Crippen molar-refractivity contribution in [1.82, 2.24) is 9.97 Å². The van der Waals surface area contributed by atoms with Gasteiger partial charge in [0.1, 0.15) is 12.0 Å². The van der Waals surface area contributed by atoms with Gasteiger partial charge in [-0.15, -0.1) is 0 Å². The van der Waals surface area contributed by atoms with E-state index in [0.717, 1.165) is 6.54 Å². The highest BCUT2D eigenvalue weighted by Crippen LogP contribution is 2.47. The summed E-state index contributed by atoms with van der Waals surface area (Å²) in [5.41, 5.74) is 6.34. The van der Waals surface area contributed by atoms with E-state index < -0.39 is 0 Å². The molecule has 0 saturated heterocycles. The summed E-state index contributed by atoms with van der Waals surface area (Å²) in [6.07, 6.45) is 6.10. The Morgan fingerprint density at radius 3 is 2.88 bits per heavy atom. The number of nitrogens with two attached hydrogens (primary N) is 1. The minimum Gasteiger partial charge on any atom is -0.479 e. The van der Waals surface area contributed by atoms with E-state index in [1.54, 1.807) is 7.11 Å². The minimum absolute atomic E-state index is 0.380. The monoisotopic (exact) mass is 240 g/mol. The zero-order valence-electron chi connectivity index (χ0n) is 9.49. The van der Waals surface area contributed by atoms with Crippen LogP contribution in [0.1, 0.15) is 12.8 Å². The molecule has 1 fully saturated rings. The Bertz CT molecular complexity index is 381. The second-order valence-electron chi connectivity index (χ2n) is 3.89. The smallest absolute Gasteiger partial charge is 0.242 e. The summed E-state index contributed by atoms with van der Waals surface area (Å²) in [6.45, 7) is 0.887. The molecule has 3 N–H and O–H groups in total. The number of ether oxygens (including phenoxy) is 1. The van der Waals surface area contributed by atoms with Gasteiger partial charge >= 0.3 is 0 Å². The molecule has 0 radical (unpaired) electrons. The fourth-order valence-electron chi connectivity index (χ4n) is 1.52. The first-order valence-electron chi connectivity index (χ1n) is 5.14. The molecule has 0 aliphatic heterocycles. The van der Waals surface area contributed by atoms with Gasteiger partial charge in [-0.1, -0.05) is 0 Å². The topological polar surface area (TPSA) is 73.1 Å². The molecule has 1 aliphatic rings. The summed E-state index contributed by atoms with van der Waals surface area (Å²) in [5.74, 6) is 1.08. The number of methoxy groups -OCH3 is 1. The van der Waals surface area contributed by atoms with Gasteiger partial charge in [-0.2, -0.15) is 16.7 Å². The lowest BCUT2D eigenvalue weighted by Crippen LogP contribution is -2.19. The average Bonchev–Trinajstić information content (AvgIpc) is 3.08. The van der Waals surface area contributed by atoms with Gasteiger partial charge in [0.15, 0.2) is 5.82 Å². The van der Waals surface area contributed by atoms with Crippen molar-refractivity contribution >= 4 is 23.3 Å². The predicted octanol–water partition coefficient (Wildman–Crippen LogP) is 1.37. The summed E-state index contributed by atoms with van der Waals surface area (Å²) in [5, 5.41) is 3.26. The number of thioether (sulfide) groups is 1. The molecule has 0 spiro atoms. The Hall–Kier alpha value is -1.17.